The number of imidazole rings is 1. The van der Waals surface area contributed by atoms with E-state index in [-0.39, 0.29) is 18.8 Å². The summed E-state index contributed by atoms with van der Waals surface area (Å²) in [5.41, 5.74) is 8.13. The van der Waals surface area contributed by atoms with Crippen LogP contribution < -0.4 is 10.6 Å². The van der Waals surface area contributed by atoms with E-state index in [1.165, 1.54) is 4.57 Å². The number of likely N-dealkylation sites (N-methyl/N-ethyl adjacent to an activating group) is 1. The van der Waals surface area contributed by atoms with Gasteiger partial charge in [0.2, 0.25) is 5.92 Å². The molecule has 6 nitrogen and oxygen atoms in total. The van der Waals surface area contributed by atoms with Crippen molar-refractivity contribution < 1.29 is 13.6 Å². The summed E-state index contributed by atoms with van der Waals surface area (Å²) in [5.74, 6) is -2.02. The molecule has 1 amide bonds. The molecule has 1 aliphatic carbocycles. The molecule has 158 valence electrons. The first-order chi connectivity index (χ1) is 13.9. The van der Waals surface area contributed by atoms with Gasteiger partial charge in [-0.25, -0.2) is 23.1 Å². The Kier molecular flexibility index (Phi) is 5.46. The van der Waals surface area contributed by atoms with Crippen LogP contribution in [0.3, 0.4) is 0 Å². The van der Waals surface area contributed by atoms with E-state index in [9.17, 15) is 13.6 Å². The third kappa shape index (κ3) is 4.08. The molecule has 0 spiro atoms. The topological polar surface area (TPSA) is 67.4 Å². The Hall–Kier alpha value is -2.22. The number of alkyl halides is 2. The Balaban J connectivity index is 1.60. The number of primary amides is 1. The fourth-order valence-corrected chi connectivity index (χ4v) is 4.73. The molecule has 2 N–H and O–H groups in total. The molecule has 1 aromatic carbocycles. The van der Waals surface area contributed by atoms with Crippen LogP contribution in [0.2, 0.25) is 0 Å². The van der Waals surface area contributed by atoms with Gasteiger partial charge in [0.05, 0.1) is 11.2 Å². The monoisotopic (exact) mass is 405 g/mol. The van der Waals surface area contributed by atoms with Gasteiger partial charge in [0.15, 0.2) is 0 Å². The van der Waals surface area contributed by atoms with E-state index in [2.05, 4.69) is 16.7 Å². The van der Waals surface area contributed by atoms with Gasteiger partial charge in [0, 0.05) is 45.4 Å². The summed E-state index contributed by atoms with van der Waals surface area (Å²) < 4.78 is 28.5. The highest BCUT2D eigenvalue weighted by atomic mass is 19.3. The fraction of sp³-hybridized carbons (Fsp3) is 0.619. The van der Waals surface area contributed by atoms with Gasteiger partial charge in [0.1, 0.15) is 11.3 Å². The minimum atomic E-state index is -2.55. The number of para-hydroxylation sites is 1. The lowest BCUT2D eigenvalue weighted by Gasteiger charge is -2.35. The molecule has 4 rings (SSSR count). The molecule has 1 atom stereocenters. The van der Waals surface area contributed by atoms with Gasteiger partial charge in [-0.3, -0.25) is 0 Å². The van der Waals surface area contributed by atoms with Gasteiger partial charge in [0.25, 0.3) is 0 Å². The summed E-state index contributed by atoms with van der Waals surface area (Å²) >= 11 is 0. The number of amides is 1. The minimum Gasteiger partial charge on any atom is -0.367 e. The van der Waals surface area contributed by atoms with Gasteiger partial charge in [-0.1, -0.05) is 13.0 Å². The summed E-state index contributed by atoms with van der Waals surface area (Å²) in [6.45, 7) is 7.00. The second-order valence-corrected chi connectivity index (χ2v) is 8.27. The lowest BCUT2D eigenvalue weighted by atomic mass is 10.0. The largest absolute Gasteiger partial charge is 0.367 e. The van der Waals surface area contributed by atoms with Crippen LogP contribution in [0, 0.1) is 5.92 Å². The van der Waals surface area contributed by atoms with Crippen LogP contribution in [0.1, 0.15) is 38.4 Å². The first-order valence-corrected chi connectivity index (χ1v) is 10.5. The van der Waals surface area contributed by atoms with Crippen LogP contribution >= 0.6 is 0 Å². The van der Waals surface area contributed by atoms with Crippen molar-refractivity contribution in [3.63, 3.8) is 0 Å². The minimum absolute atomic E-state index is 0.0345. The van der Waals surface area contributed by atoms with Crippen LogP contribution in [-0.2, 0) is 6.42 Å². The van der Waals surface area contributed by atoms with E-state index in [4.69, 9.17) is 10.7 Å². The predicted molar refractivity (Wildman–Crippen MR) is 110 cm³/mol. The molecule has 2 heterocycles. The van der Waals surface area contributed by atoms with E-state index in [0.29, 0.717) is 30.6 Å². The highest BCUT2D eigenvalue weighted by Gasteiger charge is 2.39. The fourth-order valence-electron chi connectivity index (χ4n) is 4.73. The van der Waals surface area contributed by atoms with Gasteiger partial charge < -0.3 is 15.5 Å². The summed E-state index contributed by atoms with van der Waals surface area (Å²) in [6, 6.07) is 5.23. The van der Waals surface area contributed by atoms with Crippen LogP contribution in [0.15, 0.2) is 18.2 Å². The number of fused-ring (bicyclic) bond motifs is 1. The zero-order valence-corrected chi connectivity index (χ0v) is 16.9. The quantitative estimate of drug-likeness (QED) is 0.827. The van der Waals surface area contributed by atoms with Gasteiger partial charge >= 0.3 is 6.03 Å². The Bertz CT molecular complexity index is 889. The highest BCUT2D eigenvalue weighted by Crippen LogP contribution is 2.41. The molecule has 2 aliphatic rings. The first-order valence-electron chi connectivity index (χ1n) is 10.5. The van der Waals surface area contributed by atoms with Crippen LogP contribution in [-0.4, -0.2) is 59.1 Å². The van der Waals surface area contributed by atoms with Crippen molar-refractivity contribution >= 4 is 22.8 Å². The van der Waals surface area contributed by atoms with Crippen molar-refractivity contribution in [3.8, 4) is 0 Å². The Morgan fingerprint density at radius 1 is 1.28 bits per heavy atom. The number of rotatable bonds is 5. The maximum absolute atomic E-state index is 13.5. The van der Waals surface area contributed by atoms with Crippen molar-refractivity contribution in [1.29, 1.82) is 0 Å². The summed E-state index contributed by atoms with van der Waals surface area (Å²) in [7, 11) is 0. The van der Waals surface area contributed by atoms with Gasteiger partial charge in [-0.05, 0) is 37.4 Å². The number of nitrogens with zero attached hydrogens (tertiary/aromatic N) is 4. The number of hydrogen-bond acceptors (Lipinski definition) is 4. The van der Waals surface area contributed by atoms with Gasteiger partial charge in [-0.15, -0.1) is 0 Å². The van der Waals surface area contributed by atoms with Crippen LogP contribution in [0.25, 0.3) is 11.0 Å². The number of anilines is 1. The predicted octanol–water partition coefficient (Wildman–Crippen LogP) is 3.47. The molecule has 8 heteroatoms. The standard InChI is InChI=1S/C21H29F2N5O/c1-2-26-10-12-27(13-11-26)16-4-3-5-17-19(16)25-18(28(17)20(24)29)7-6-15-8-9-21(22,23)14-15/h3-5,15H,2,6-14H2,1H3,(H2,24,29). The molecule has 1 saturated carbocycles. The number of hydrogen-bond donors (Lipinski definition) is 1. The SMILES string of the molecule is CCN1CCN(c2cccc3c2nc(CCC2CCC(F)(F)C2)n3C(N)=O)CC1. The second kappa shape index (κ2) is 7.89. The van der Waals surface area contributed by atoms with Crippen molar-refractivity contribution in [2.24, 2.45) is 11.7 Å². The molecule has 1 unspecified atom stereocenters. The third-order valence-electron chi connectivity index (χ3n) is 6.40. The van der Waals surface area contributed by atoms with E-state index in [1.807, 2.05) is 18.2 Å². The van der Waals surface area contributed by atoms with E-state index < -0.39 is 12.0 Å². The van der Waals surface area contributed by atoms with Gasteiger partial charge in [-0.2, -0.15) is 0 Å². The Morgan fingerprint density at radius 2 is 2.03 bits per heavy atom. The normalized spacial score (nSPS) is 22.4. The maximum atomic E-state index is 13.5. The van der Waals surface area contributed by atoms with Crippen molar-refractivity contribution in [1.82, 2.24) is 14.5 Å². The van der Waals surface area contributed by atoms with Crippen molar-refractivity contribution in [2.75, 3.05) is 37.6 Å². The number of aromatic nitrogens is 2. The van der Waals surface area contributed by atoms with Crippen molar-refractivity contribution in [2.45, 2.75) is 45.0 Å². The molecule has 1 saturated heterocycles. The smallest absolute Gasteiger partial charge is 0.324 e. The van der Waals surface area contributed by atoms with E-state index in [0.717, 1.165) is 43.9 Å². The Morgan fingerprint density at radius 3 is 2.66 bits per heavy atom. The number of piperazine rings is 1. The second-order valence-electron chi connectivity index (χ2n) is 8.27. The van der Waals surface area contributed by atoms with Crippen LogP contribution in [0.5, 0.6) is 0 Å². The number of benzene rings is 1. The molecular weight excluding hydrogens is 376 g/mol. The zero-order chi connectivity index (χ0) is 20.6. The Labute approximate surface area is 169 Å². The number of halogens is 2. The number of carbonyl (C=O) groups is 1. The average Bonchev–Trinajstić information content (AvgIpc) is 3.25. The molecule has 2 fully saturated rings. The zero-order valence-electron chi connectivity index (χ0n) is 16.9. The molecule has 1 aromatic heterocycles. The third-order valence-corrected chi connectivity index (χ3v) is 6.40. The molecule has 2 aromatic rings. The van der Waals surface area contributed by atoms with E-state index in [1.54, 1.807) is 0 Å². The summed E-state index contributed by atoms with van der Waals surface area (Å²) in [4.78, 5) is 21.6. The highest BCUT2D eigenvalue weighted by molar-refractivity contribution is 5.95. The first kappa shape index (κ1) is 20.1. The molecule has 29 heavy (non-hydrogen) atoms. The lowest BCUT2D eigenvalue weighted by molar-refractivity contribution is 0.00470. The lowest BCUT2D eigenvalue weighted by Crippen LogP contribution is -2.46. The van der Waals surface area contributed by atoms with E-state index >= 15 is 0 Å². The molecular formula is C21H29F2N5O. The average molecular weight is 405 g/mol. The number of aryl methyl sites for hydroxylation is 1. The number of carbonyl (C=O) groups excluding carboxylic acids is 1. The van der Waals surface area contributed by atoms with Crippen LogP contribution in [0.4, 0.5) is 19.3 Å². The molecule has 1 aliphatic heterocycles. The maximum Gasteiger partial charge on any atom is 0.324 e. The van der Waals surface area contributed by atoms with Crippen molar-refractivity contribution in [3.05, 3.63) is 24.0 Å². The molecule has 0 bridgehead atoms. The summed E-state index contributed by atoms with van der Waals surface area (Å²) in [5, 5.41) is 0. The number of nitrogens with two attached hydrogens (primary N) is 1. The summed E-state index contributed by atoms with van der Waals surface area (Å²) in [6.07, 6.45) is 1.48. The molecule has 0 radical (unpaired) electrons.